The average Bonchev–Trinajstić information content (AvgIpc) is 2.55. The van der Waals surface area contributed by atoms with Crippen LogP contribution in [0.3, 0.4) is 0 Å². The maximum atomic E-state index is 11.8. The summed E-state index contributed by atoms with van der Waals surface area (Å²) in [5.41, 5.74) is 1.05. The summed E-state index contributed by atoms with van der Waals surface area (Å²) in [5.74, 6) is -0.366. The first-order valence-corrected chi connectivity index (χ1v) is 5.86. The number of hydrogen-bond acceptors (Lipinski definition) is 3. The molecule has 3 nitrogen and oxygen atoms in total. The minimum Gasteiger partial charge on any atom is -0.272 e. The zero-order chi connectivity index (χ0) is 10.5. The lowest BCUT2D eigenvalue weighted by atomic mass is 10.2. The van der Waals surface area contributed by atoms with Crippen LogP contribution in [-0.4, -0.2) is 22.8 Å². The van der Waals surface area contributed by atoms with E-state index in [1.54, 1.807) is 5.38 Å². The molecule has 1 aliphatic heterocycles. The fourth-order valence-electron chi connectivity index (χ4n) is 1.50. The molecule has 74 valence electrons. The molecule has 0 spiro atoms. The van der Waals surface area contributed by atoms with Gasteiger partial charge in [-0.2, -0.15) is 0 Å². The van der Waals surface area contributed by atoms with Crippen LogP contribution in [0.4, 0.5) is 0 Å². The number of carbonyl (C=O) groups excluding carboxylic acids is 2. The Balaban J connectivity index is 2.55. The molecule has 0 saturated carbocycles. The Bertz CT molecular complexity index is 424. The van der Waals surface area contributed by atoms with Crippen LogP contribution in [0.2, 0.25) is 0 Å². The van der Waals surface area contributed by atoms with Crippen LogP contribution < -0.4 is 0 Å². The van der Waals surface area contributed by atoms with Gasteiger partial charge in [-0.25, -0.2) is 0 Å². The molecule has 0 aromatic carbocycles. The normalized spacial score (nSPS) is 15.6. The third-order valence-corrected chi connectivity index (χ3v) is 3.87. The lowest BCUT2D eigenvalue weighted by molar-refractivity contribution is 0.0608. The Hall–Kier alpha value is -0.680. The number of halogens is 1. The number of rotatable bonds is 1. The molecule has 0 fully saturated rings. The zero-order valence-corrected chi connectivity index (χ0v) is 10.1. The maximum absolute atomic E-state index is 11.8. The van der Waals surface area contributed by atoms with E-state index < -0.39 is 0 Å². The largest absolute Gasteiger partial charge is 0.272 e. The second-order valence-corrected chi connectivity index (χ2v) is 5.57. The van der Waals surface area contributed by atoms with Crippen LogP contribution in [0.1, 0.15) is 34.6 Å². The van der Waals surface area contributed by atoms with Crippen molar-refractivity contribution in [1.82, 2.24) is 4.90 Å². The number of amides is 2. The van der Waals surface area contributed by atoms with Gasteiger partial charge >= 0.3 is 0 Å². The number of thiophene rings is 1. The molecule has 0 saturated heterocycles. The molecule has 1 aromatic heterocycles. The minimum atomic E-state index is -0.187. The number of hydrogen-bond donors (Lipinski definition) is 0. The average molecular weight is 274 g/mol. The van der Waals surface area contributed by atoms with E-state index in [0.29, 0.717) is 11.1 Å². The van der Waals surface area contributed by atoms with Crippen molar-refractivity contribution in [2.24, 2.45) is 0 Å². The summed E-state index contributed by atoms with van der Waals surface area (Å²) >= 11 is 4.66. The first-order valence-electron chi connectivity index (χ1n) is 4.19. The molecule has 1 aromatic rings. The second-order valence-electron chi connectivity index (χ2n) is 3.37. The Morgan fingerprint density at radius 2 is 2.00 bits per heavy atom. The third-order valence-electron chi connectivity index (χ3n) is 2.14. The summed E-state index contributed by atoms with van der Waals surface area (Å²) in [6, 6.07) is -0.0840. The molecular formula is C9H8BrNO2S. The second kappa shape index (κ2) is 3.17. The summed E-state index contributed by atoms with van der Waals surface area (Å²) in [5, 5.41) is 1.72. The fourth-order valence-corrected chi connectivity index (χ4v) is 2.92. The van der Waals surface area contributed by atoms with Crippen LogP contribution >= 0.6 is 27.3 Å². The van der Waals surface area contributed by atoms with Crippen molar-refractivity contribution in [2.45, 2.75) is 19.9 Å². The maximum Gasteiger partial charge on any atom is 0.263 e. The predicted octanol–water partition coefficient (Wildman–Crippen LogP) is 2.52. The Morgan fingerprint density at radius 3 is 2.50 bits per heavy atom. The predicted molar refractivity (Wildman–Crippen MR) is 57.7 cm³/mol. The smallest absolute Gasteiger partial charge is 0.263 e. The van der Waals surface area contributed by atoms with E-state index in [2.05, 4.69) is 15.9 Å². The van der Waals surface area contributed by atoms with Gasteiger partial charge in [-0.3, -0.25) is 14.5 Å². The monoisotopic (exact) mass is 273 g/mol. The van der Waals surface area contributed by atoms with E-state index in [1.165, 1.54) is 16.2 Å². The lowest BCUT2D eigenvalue weighted by Crippen LogP contribution is -2.36. The lowest BCUT2D eigenvalue weighted by Gasteiger charge is -2.18. The Labute approximate surface area is 93.8 Å². The highest BCUT2D eigenvalue weighted by Crippen LogP contribution is 2.35. The first kappa shape index (κ1) is 9.86. The number of nitrogens with zero attached hydrogens (tertiary/aromatic N) is 1. The topological polar surface area (TPSA) is 37.4 Å². The SMILES string of the molecule is CC(C)N1C(=O)c2csc(Br)c2C1=O. The van der Waals surface area contributed by atoms with E-state index in [4.69, 9.17) is 0 Å². The molecular weight excluding hydrogens is 266 g/mol. The van der Waals surface area contributed by atoms with Gasteiger partial charge in [0, 0.05) is 11.4 Å². The van der Waals surface area contributed by atoms with E-state index in [1.807, 2.05) is 13.8 Å². The minimum absolute atomic E-state index is 0.0840. The van der Waals surface area contributed by atoms with Gasteiger partial charge in [-0.1, -0.05) is 0 Å². The summed E-state index contributed by atoms with van der Waals surface area (Å²) in [6.45, 7) is 3.66. The molecule has 0 bridgehead atoms. The highest BCUT2D eigenvalue weighted by Gasteiger charge is 2.39. The fraction of sp³-hybridized carbons (Fsp3) is 0.333. The van der Waals surface area contributed by atoms with Gasteiger partial charge < -0.3 is 0 Å². The third kappa shape index (κ3) is 1.15. The number of carbonyl (C=O) groups is 2. The van der Waals surface area contributed by atoms with Crippen LogP contribution in [0.5, 0.6) is 0 Å². The molecule has 0 aliphatic carbocycles. The summed E-state index contributed by atoms with van der Waals surface area (Å²) in [4.78, 5) is 24.9. The quantitative estimate of drug-likeness (QED) is 0.738. The Morgan fingerprint density at radius 1 is 1.36 bits per heavy atom. The molecule has 2 amide bonds. The van der Waals surface area contributed by atoms with E-state index >= 15 is 0 Å². The van der Waals surface area contributed by atoms with Crippen LogP contribution in [-0.2, 0) is 0 Å². The molecule has 0 atom stereocenters. The van der Waals surface area contributed by atoms with Crippen molar-refractivity contribution >= 4 is 39.1 Å². The highest BCUT2D eigenvalue weighted by molar-refractivity contribution is 9.11. The molecule has 0 unspecified atom stereocenters. The zero-order valence-electron chi connectivity index (χ0n) is 7.70. The van der Waals surface area contributed by atoms with Gasteiger partial charge in [0.1, 0.15) is 0 Å². The molecule has 1 aliphatic rings. The molecule has 0 radical (unpaired) electrons. The van der Waals surface area contributed by atoms with E-state index in [9.17, 15) is 9.59 Å². The molecule has 5 heteroatoms. The molecule has 0 N–H and O–H groups in total. The summed E-state index contributed by atoms with van der Waals surface area (Å²) < 4.78 is 0.744. The summed E-state index contributed by atoms with van der Waals surface area (Å²) in [6.07, 6.45) is 0. The van der Waals surface area contributed by atoms with Gasteiger partial charge in [0.2, 0.25) is 0 Å². The van der Waals surface area contributed by atoms with Gasteiger partial charge in [-0.05, 0) is 29.8 Å². The van der Waals surface area contributed by atoms with Gasteiger partial charge in [0.25, 0.3) is 11.8 Å². The van der Waals surface area contributed by atoms with Crippen molar-refractivity contribution in [2.75, 3.05) is 0 Å². The van der Waals surface area contributed by atoms with E-state index in [-0.39, 0.29) is 17.9 Å². The number of imide groups is 1. The first-order chi connectivity index (χ1) is 6.54. The van der Waals surface area contributed by atoms with E-state index in [0.717, 1.165) is 3.79 Å². The van der Waals surface area contributed by atoms with Gasteiger partial charge in [0.15, 0.2) is 0 Å². The number of fused-ring (bicyclic) bond motifs is 1. The van der Waals surface area contributed by atoms with Crippen molar-refractivity contribution < 1.29 is 9.59 Å². The van der Waals surface area contributed by atoms with Crippen molar-refractivity contribution in [3.05, 3.63) is 20.3 Å². The van der Waals surface area contributed by atoms with Crippen LogP contribution in [0, 0.1) is 0 Å². The van der Waals surface area contributed by atoms with Crippen molar-refractivity contribution in [3.8, 4) is 0 Å². The standard InChI is InChI=1S/C9H8BrNO2S/c1-4(2)11-8(12)5-3-14-7(10)6(5)9(11)13/h3-4H,1-2H3. The molecule has 14 heavy (non-hydrogen) atoms. The highest BCUT2D eigenvalue weighted by atomic mass is 79.9. The molecule has 2 rings (SSSR count). The van der Waals surface area contributed by atoms with Crippen molar-refractivity contribution in [3.63, 3.8) is 0 Å². The van der Waals surface area contributed by atoms with Gasteiger partial charge in [0.05, 0.1) is 14.9 Å². The molecule has 2 heterocycles. The van der Waals surface area contributed by atoms with Crippen LogP contribution in [0.15, 0.2) is 9.17 Å². The summed E-state index contributed by atoms with van der Waals surface area (Å²) in [7, 11) is 0. The van der Waals surface area contributed by atoms with Gasteiger partial charge in [-0.15, -0.1) is 11.3 Å². The van der Waals surface area contributed by atoms with Crippen LogP contribution in [0.25, 0.3) is 0 Å². The van der Waals surface area contributed by atoms with Crippen molar-refractivity contribution in [1.29, 1.82) is 0 Å². The Kier molecular flexibility index (Phi) is 2.23.